The summed E-state index contributed by atoms with van der Waals surface area (Å²) in [5.41, 5.74) is 7.01. The number of nitrogens with one attached hydrogen (secondary N) is 2. The van der Waals surface area contributed by atoms with E-state index in [2.05, 4.69) is 29.7 Å². The molecule has 2 aromatic heterocycles. The van der Waals surface area contributed by atoms with Crippen LogP contribution in [0.15, 0.2) is 24.3 Å². The molecule has 0 bridgehead atoms. The lowest BCUT2D eigenvalue weighted by molar-refractivity contribution is 0.0526. The molecule has 0 amide bonds. The van der Waals surface area contributed by atoms with E-state index < -0.39 is 0 Å². The minimum Gasteiger partial charge on any atom is -0.462 e. The zero-order chi connectivity index (χ0) is 23.5. The Labute approximate surface area is 204 Å². The van der Waals surface area contributed by atoms with E-state index in [9.17, 15) is 4.79 Å². The Morgan fingerprint density at radius 2 is 1.94 bits per heavy atom. The van der Waals surface area contributed by atoms with E-state index in [1.54, 1.807) is 11.3 Å². The summed E-state index contributed by atoms with van der Waals surface area (Å²) < 4.78 is 7.35. The predicted molar refractivity (Wildman–Crippen MR) is 139 cm³/mol. The highest BCUT2D eigenvalue weighted by Crippen LogP contribution is 2.38. The summed E-state index contributed by atoms with van der Waals surface area (Å²) in [6.45, 7) is 9.00. The molecule has 2 heterocycles. The molecule has 0 saturated carbocycles. The minimum absolute atomic E-state index is 0.277. The van der Waals surface area contributed by atoms with Crippen molar-refractivity contribution in [2.75, 3.05) is 17.2 Å². The molecule has 33 heavy (non-hydrogen) atoms. The van der Waals surface area contributed by atoms with Crippen molar-refractivity contribution in [3.63, 3.8) is 0 Å². The van der Waals surface area contributed by atoms with Crippen molar-refractivity contribution in [2.24, 2.45) is 0 Å². The number of anilines is 2. The molecule has 0 radical (unpaired) electrons. The van der Waals surface area contributed by atoms with Crippen molar-refractivity contribution >= 4 is 45.3 Å². The number of benzene rings is 1. The molecule has 1 aliphatic rings. The molecule has 1 aromatic carbocycles. The Bertz CT molecular complexity index is 1200. The number of hydrogen-bond acceptors (Lipinski definition) is 5. The molecule has 2 N–H and O–H groups in total. The average Bonchev–Trinajstić information content (AvgIpc) is 3.27. The highest BCUT2D eigenvalue weighted by molar-refractivity contribution is 7.80. The molecule has 6 nitrogen and oxygen atoms in total. The van der Waals surface area contributed by atoms with Gasteiger partial charge in [0, 0.05) is 4.88 Å². The van der Waals surface area contributed by atoms with Crippen LogP contribution in [0.4, 0.5) is 10.7 Å². The van der Waals surface area contributed by atoms with Gasteiger partial charge in [0.2, 0.25) is 0 Å². The lowest BCUT2D eigenvalue weighted by atomic mass is 9.95. The number of fused-ring (bicyclic) bond motifs is 1. The Morgan fingerprint density at radius 3 is 2.70 bits per heavy atom. The van der Waals surface area contributed by atoms with E-state index in [1.807, 2.05) is 37.6 Å². The van der Waals surface area contributed by atoms with Gasteiger partial charge in [0.05, 0.1) is 35.8 Å². The predicted octanol–water partition coefficient (Wildman–Crippen LogP) is 5.78. The van der Waals surface area contributed by atoms with Crippen LogP contribution in [0.1, 0.15) is 63.1 Å². The van der Waals surface area contributed by atoms with Crippen molar-refractivity contribution in [2.45, 2.75) is 59.9 Å². The van der Waals surface area contributed by atoms with Crippen LogP contribution in [0.25, 0.3) is 0 Å². The first-order valence-electron chi connectivity index (χ1n) is 11.4. The minimum atomic E-state index is -0.277. The van der Waals surface area contributed by atoms with Crippen LogP contribution < -0.4 is 10.6 Å². The molecule has 0 spiro atoms. The van der Waals surface area contributed by atoms with Gasteiger partial charge in [-0.1, -0.05) is 24.3 Å². The first-order chi connectivity index (χ1) is 15.9. The molecule has 0 unspecified atom stereocenters. The molecule has 0 atom stereocenters. The molecule has 0 fully saturated rings. The summed E-state index contributed by atoms with van der Waals surface area (Å²) in [4.78, 5) is 14.0. The van der Waals surface area contributed by atoms with Crippen LogP contribution in [-0.4, -0.2) is 27.5 Å². The monoisotopic (exact) mass is 482 g/mol. The lowest BCUT2D eigenvalue weighted by Crippen LogP contribution is -2.21. The van der Waals surface area contributed by atoms with E-state index >= 15 is 0 Å². The van der Waals surface area contributed by atoms with Crippen LogP contribution >= 0.6 is 23.6 Å². The number of hydrogen-bond donors (Lipinski definition) is 2. The van der Waals surface area contributed by atoms with Crippen LogP contribution in [0.5, 0.6) is 0 Å². The van der Waals surface area contributed by atoms with Gasteiger partial charge in [-0.15, -0.1) is 11.3 Å². The molecular formula is C25H30N4O2S2. The van der Waals surface area contributed by atoms with E-state index in [1.165, 1.54) is 16.0 Å². The molecule has 0 saturated heterocycles. The van der Waals surface area contributed by atoms with Gasteiger partial charge in [0.1, 0.15) is 5.00 Å². The van der Waals surface area contributed by atoms with E-state index in [4.69, 9.17) is 22.1 Å². The fourth-order valence-electron chi connectivity index (χ4n) is 4.30. The Balaban J connectivity index is 1.54. The molecular weight excluding hydrogens is 452 g/mol. The van der Waals surface area contributed by atoms with Gasteiger partial charge in [-0.05, 0) is 82.3 Å². The summed E-state index contributed by atoms with van der Waals surface area (Å²) >= 11 is 7.26. The summed E-state index contributed by atoms with van der Waals surface area (Å²) in [7, 11) is 0. The van der Waals surface area contributed by atoms with Crippen molar-refractivity contribution in [3.8, 4) is 0 Å². The zero-order valence-electron chi connectivity index (χ0n) is 19.6. The standard InChI is InChI=1S/C25H30N4O2S2/c1-5-31-24(30)21-19-12-8-9-13-20(19)33-23(21)27-25(32)26-22-16(3)28-29(17(22)4)14-18-11-7-6-10-15(18)2/h6-7,10-11H,5,8-9,12-14H2,1-4H3,(H2,26,27,32). The van der Waals surface area contributed by atoms with Gasteiger partial charge in [0.25, 0.3) is 0 Å². The first kappa shape index (κ1) is 23.4. The van der Waals surface area contributed by atoms with Gasteiger partial charge in [-0.3, -0.25) is 4.68 Å². The van der Waals surface area contributed by atoms with Crippen molar-refractivity contribution < 1.29 is 9.53 Å². The maximum absolute atomic E-state index is 12.7. The van der Waals surface area contributed by atoms with Crippen LogP contribution in [0.2, 0.25) is 0 Å². The topological polar surface area (TPSA) is 68.2 Å². The molecule has 8 heteroatoms. The Kier molecular flexibility index (Phi) is 7.14. The van der Waals surface area contributed by atoms with Crippen LogP contribution in [0.3, 0.4) is 0 Å². The molecule has 0 aliphatic heterocycles. The number of nitrogens with zero attached hydrogens (tertiary/aromatic N) is 2. The highest BCUT2D eigenvalue weighted by Gasteiger charge is 2.27. The summed E-state index contributed by atoms with van der Waals surface area (Å²) in [6, 6.07) is 8.33. The third kappa shape index (κ3) is 4.96. The largest absolute Gasteiger partial charge is 0.462 e. The number of ether oxygens (including phenoxy) is 1. The second-order valence-corrected chi connectivity index (χ2v) is 9.86. The van der Waals surface area contributed by atoms with Gasteiger partial charge in [-0.25, -0.2) is 4.79 Å². The van der Waals surface area contributed by atoms with Gasteiger partial charge < -0.3 is 15.4 Å². The average molecular weight is 483 g/mol. The molecule has 4 rings (SSSR count). The van der Waals surface area contributed by atoms with Crippen molar-refractivity contribution in [1.29, 1.82) is 0 Å². The second-order valence-electron chi connectivity index (χ2n) is 8.34. The van der Waals surface area contributed by atoms with Crippen LogP contribution in [0, 0.1) is 20.8 Å². The Morgan fingerprint density at radius 1 is 1.18 bits per heavy atom. The maximum atomic E-state index is 12.7. The number of esters is 1. The smallest absolute Gasteiger partial charge is 0.341 e. The number of aryl methyl sites for hydroxylation is 3. The van der Waals surface area contributed by atoms with Gasteiger partial charge in [-0.2, -0.15) is 5.10 Å². The zero-order valence-corrected chi connectivity index (χ0v) is 21.2. The number of carbonyl (C=O) groups excluding carboxylic acids is 1. The van der Waals surface area contributed by atoms with Crippen molar-refractivity contribution in [3.05, 3.63) is 62.8 Å². The number of carbonyl (C=O) groups is 1. The summed E-state index contributed by atoms with van der Waals surface area (Å²) in [5, 5.41) is 12.5. The van der Waals surface area contributed by atoms with E-state index in [0.29, 0.717) is 23.8 Å². The van der Waals surface area contributed by atoms with E-state index in [-0.39, 0.29) is 5.97 Å². The number of thiophene rings is 1. The number of thiocarbonyl (C=S) groups is 1. The lowest BCUT2D eigenvalue weighted by Gasteiger charge is -2.13. The van der Waals surface area contributed by atoms with Gasteiger partial charge >= 0.3 is 5.97 Å². The molecule has 3 aromatic rings. The van der Waals surface area contributed by atoms with Crippen molar-refractivity contribution in [1.82, 2.24) is 9.78 Å². The SMILES string of the molecule is CCOC(=O)c1c(NC(=S)Nc2c(C)nn(Cc3ccccc3C)c2C)sc2c1CCCC2. The normalized spacial score (nSPS) is 12.8. The van der Waals surface area contributed by atoms with Crippen LogP contribution in [-0.2, 0) is 24.1 Å². The molecule has 174 valence electrons. The quantitative estimate of drug-likeness (QED) is 0.343. The fourth-order valence-corrected chi connectivity index (χ4v) is 5.85. The second kappa shape index (κ2) is 10.1. The van der Waals surface area contributed by atoms with E-state index in [0.717, 1.165) is 53.3 Å². The Hall–Kier alpha value is -2.71. The molecule has 1 aliphatic carbocycles. The third-order valence-corrected chi connectivity index (χ3v) is 7.49. The summed E-state index contributed by atoms with van der Waals surface area (Å²) in [6.07, 6.45) is 4.15. The maximum Gasteiger partial charge on any atom is 0.341 e. The number of rotatable bonds is 6. The van der Waals surface area contributed by atoms with Gasteiger partial charge in [0.15, 0.2) is 5.11 Å². The number of aromatic nitrogens is 2. The highest BCUT2D eigenvalue weighted by atomic mass is 32.1. The first-order valence-corrected chi connectivity index (χ1v) is 12.6. The summed E-state index contributed by atoms with van der Waals surface area (Å²) in [5.74, 6) is -0.277. The fraction of sp³-hybridized carbons (Fsp3) is 0.400. The third-order valence-electron chi connectivity index (χ3n) is 6.08.